The lowest BCUT2D eigenvalue weighted by Crippen LogP contribution is -2.36. The normalized spacial score (nSPS) is 18.5. The van der Waals surface area contributed by atoms with Crippen LogP contribution in [0.1, 0.15) is 35.8 Å². The standard InChI is InChI=1S/C18H25N5O/c1-13-11-14(2)20-18(19-13)22-17-7-3-6-16(21-17)15-5-4-8-23(12-15)9-10-24/h3,6-7,11,15,24H,4-5,8-10,12H2,1-2H3,(H,19,20,21,22)/t15-/m0/s1. The van der Waals surface area contributed by atoms with Gasteiger partial charge in [0.25, 0.3) is 0 Å². The molecule has 1 aliphatic rings. The molecule has 1 aliphatic heterocycles. The number of β-amino-alcohol motifs (C(OH)–C–C–N with tert-alkyl or cyclic N) is 1. The third kappa shape index (κ3) is 4.27. The molecule has 24 heavy (non-hydrogen) atoms. The second-order valence-electron chi connectivity index (χ2n) is 6.41. The Bertz CT molecular complexity index is 669. The number of aliphatic hydroxyl groups excluding tert-OH is 1. The molecular weight excluding hydrogens is 302 g/mol. The quantitative estimate of drug-likeness (QED) is 0.878. The molecule has 0 spiro atoms. The number of nitrogens with zero attached hydrogens (tertiary/aromatic N) is 4. The Kier molecular flexibility index (Phi) is 5.37. The fourth-order valence-electron chi connectivity index (χ4n) is 3.29. The Labute approximate surface area is 143 Å². The molecule has 0 saturated carbocycles. The van der Waals surface area contributed by atoms with Gasteiger partial charge in [-0.2, -0.15) is 0 Å². The number of aliphatic hydroxyl groups is 1. The summed E-state index contributed by atoms with van der Waals surface area (Å²) in [6.07, 6.45) is 2.28. The second-order valence-corrected chi connectivity index (χ2v) is 6.41. The number of aryl methyl sites for hydroxylation is 2. The number of rotatable bonds is 5. The molecule has 0 amide bonds. The van der Waals surface area contributed by atoms with Gasteiger partial charge in [-0.15, -0.1) is 0 Å². The topological polar surface area (TPSA) is 74.2 Å². The zero-order chi connectivity index (χ0) is 16.9. The fraction of sp³-hybridized carbons (Fsp3) is 0.500. The molecule has 6 nitrogen and oxygen atoms in total. The van der Waals surface area contributed by atoms with Crippen LogP contribution in [-0.2, 0) is 0 Å². The van der Waals surface area contributed by atoms with Crippen LogP contribution >= 0.6 is 0 Å². The summed E-state index contributed by atoms with van der Waals surface area (Å²) in [7, 11) is 0. The zero-order valence-corrected chi connectivity index (χ0v) is 14.4. The number of pyridine rings is 1. The summed E-state index contributed by atoms with van der Waals surface area (Å²) < 4.78 is 0. The summed E-state index contributed by atoms with van der Waals surface area (Å²) >= 11 is 0. The lowest BCUT2D eigenvalue weighted by Gasteiger charge is -2.32. The summed E-state index contributed by atoms with van der Waals surface area (Å²) in [5, 5.41) is 12.4. The molecule has 2 N–H and O–H groups in total. The molecule has 2 aromatic rings. The summed E-state index contributed by atoms with van der Waals surface area (Å²) in [5.74, 6) is 1.77. The van der Waals surface area contributed by atoms with Gasteiger partial charge in [0.2, 0.25) is 5.95 Å². The molecule has 6 heteroatoms. The number of likely N-dealkylation sites (tertiary alicyclic amines) is 1. The molecule has 1 atom stereocenters. The van der Waals surface area contributed by atoms with Crippen molar-refractivity contribution < 1.29 is 5.11 Å². The second kappa shape index (κ2) is 7.68. The maximum atomic E-state index is 9.15. The molecule has 0 unspecified atom stereocenters. The van der Waals surface area contributed by atoms with E-state index in [4.69, 9.17) is 10.1 Å². The lowest BCUT2D eigenvalue weighted by molar-refractivity contribution is 0.160. The van der Waals surface area contributed by atoms with Gasteiger partial charge in [0, 0.05) is 36.1 Å². The monoisotopic (exact) mass is 327 g/mol. The first-order chi connectivity index (χ1) is 11.6. The molecular formula is C18H25N5O. The SMILES string of the molecule is Cc1cc(C)nc(Nc2cccc([C@H]3CCCN(CCO)C3)n2)n1. The number of piperidine rings is 1. The molecule has 0 aromatic carbocycles. The predicted octanol–water partition coefficient (Wildman–Crippen LogP) is 2.40. The number of nitrogens with one attached hydrogen (secondary N) is 1. The highest BCUT2D eigenvalue weighted by Gasteiger charge is 2.22. The van der Waals surface area contributed by atoms with Gasteiger partial charge >= 0.3 is 0 Å². The largest absolute Gasteiger partial charge is 0.395 e. The first-order valence-corrected chi connectivity index (χ1v) is 8.53. The van der Waals surface area contributed by atoms with E-state index in [-0.39, 0.29) is 6.61 Å². The van der Waals surface area contributed by atoms with E-state index in [1.54, 1.807) is 0 Å². The highest BCUT2D eigenvalue weighted by molar-refractivity contribution is 5.48. The van der Waals surface area contributed by atoms with Gasteiger partial charge in [-0.05, 0) is 51.4 Å². The van der Waals surface area contributed by atoms with E-state index in [1.807, 2.05) is 32.0 Å². The summed E-state index contributed by atoms with van der Waals surface area (Å²) in [6.45, 7) is 6.89. The van der Waals surface area contributed by atoms with Crippen LogP contribution in [0.15, 0.2) is 24.3 Å². The minimum atomic E-state index is 0.214. The minimum Gasteiger partial charge on any atom is -0.395 e. The molecule has 2 aromatic heterocycles. The summed E-state index contributed by atoms with van der Waals surface area (Å²) in [5.41, 5.74) is 2.97. The predicted molar refractivity (Wildman–Crippen MR) is 94.5 cm³/mol. The van der Waals surface area contributed by atoms with Crippen molar-refractivity contribution >= 4 is 11.8 Å². The van der Waals surface area contributed by atoms with E-state index in [0.717, 1.165) is 55.4 Å². The van der Waals surface area contributed by atoms with Crippen LogP contribution in [0.2, 0.25) is 0 Å². The first kappa shape index (κ1) is 16.8. The zero-order valence-electron chi connectivity index (χ0n) is 14.4. The first-order valence-electron chi connectivity index (χ1n) is 8.53. The highest BCUT2D eigenvalue weighted by atomic mass is 16.3. The van der Waals surface area contributed by atoms with Gasteiger partial charge in [-0.3, -0.25) is 0 Å². The van der Waals surface area contributed by atoms with Crippen molar-refractivity contribution in [2.45, 2.75) is 32.6 Å². The van der Waals surface area contributed by atoms with Crippen LogP contribution in [0.5, 0.6) is 0 Å². The van der Waals surface area contributed by atoms with E-state index in [2.05, 4.69) is 26.3 Å². The highest BCUT2D eigenvalue weighted by Crippen LogP contribution is 2.26. The summed E-state index contributed by atoms with van der Waals surface area (Å²) in [4.78, 5) is 15.9. The van der Waals surface area contributed by atoms with Crippen molar-refractivity contribution in [3.05, 3.63) is 41.3 Å². The molecule has 3 heterocycles. The number of anilines is 2. The third-order valence-corrected chi connectivity index (χ3v) is 4.33. The number of hydrogen-bond acceptors (Lipinski definition) is 6. The van der Waals surface area contributed by atoms with Gasteiger partial charge in [0.05, 0.1) is 6.61 Å². The molecule has 0 radical (unpaired) electrons. The molecule has 1 fully saturated rings. The fourth-order valence-corrected chi connectivity index (χ4v) is 3.29. The number of hydrogen-bond donors (Lipinski definition) is 2. The smallest absolute Gasteiger partial charge is 0.228 e. The van der Waals surface area contributed by atoms with Crippen molar-refractivity contribution in [1.82, 2.24) is 19.9 Å². The molecule has 0 bridgehead atoms. The Hall–Kier alpha value is -2.05. The van der Waals surface area contributed by atoms with Crippen molar-refractivity contribution in [3.63, 3.8) is 0 Å². The maximum absolute atomic E-state index is 9.15. The van der Waals surface area contributed by atoms with Gasteiger partial charge in [-0.25, -0.2) is 15.0 Å². The van der Waals surface area contributed by atoms with E-state index in [9.17, 15) is 0 Å². The average molecular weight is 327 g/mol. The van der Waals surface area contributed by atoms with Crippen molar-refractivity contribution in [2.24, 2.45) is 0 Å². The number of aromatic nitrogens is 3. The average Bonchev–Trinajstić information content (AvgIpc) is 2.55. The Morgan fingerprint density at radius 2 is 2.00 bits per heavy atom. The molecule has 1 saturated heterocycles. The van der Waals surface area contributed by atoms with Crippen LogP contribution in [0.3, 0.4) is 0 Å². The molecule has 128 valence electrons. The van der Waals surface area contributed by atoms with E-state index in [1.165, 1.54) is 0 Å². The minimum absolute atomic E-state index is 0.214. The molecule has 0 aliphatic carbocycles. The van der Waals surface area contributed by atoms with Crippen LogP contribution in [-0.4, -0.2) is 51.2 Å². The van der Waals surface area contributed by atoms with Gasteiger partial charge in [0.1, 0.15) is 5.82 Å². The van der Waals surface area contributed by atoms with Crippen molar-refractivity contribution in [2.75, 3.05) is 31.6 Å². The maximum Gasteiger partial charge on any atom is 0.228 e. The Balaban J connectivity index is 1.74. The molecule has 3 rings (SSSR count). The van der Waals surface area contributed by atoms with E-state index in [0.29, 0.717) is 11.9 Å². The van der Waals surface area contributed by atoms with Crippen LogP contribution in [0.25, 0.3) is 0 Å². The third-order valence-electron chi connectivity index (χ3n) is 4.33. The Morgan fingerprint density at radius 3 is 2.75 bits per heavy atom. The van der Waals surface area contributed by atoms with Gasteiger partial charge in [-0.1, -0.05) is 6.07 Å². The Morgan fingerprint density at radius 1 is 1.21 bits per heavy atom. The van der Waals surface area contributed by atoms with Crippen LogP contribution < -0.4 is 5.32 Å². The van der Waals surface area contributed by atoms with Crippen molar-refractivity contribution in [1.29, 1.82) is 0 Å². The summed E-state index contributed by atoms with van der Waals surface area (Å²) in [6, 6.07) is 8.00. The van der Waals surface area contributed by atoms with Gasteiger partial charge in [0.15, 0.2) is 0 Å². The van der Waals surface area contributed by atoms with Crippen molar-refractivity contribution in [3.8, 4) is 0 Å². The lowest BCUT2D eigenvalue weighted by atomic mass is 9.94. The van der Waals surface area contributed by atoms with Gasteiger partial charge < -0.3 is 15.3 Å². The van der Waals surface area contributed by atoms with E-state index >= 15 is 0 Å². The van der Waals surface area contributed by atoms with Crippen LogP contribution in [0, 0.1) is 13.8 Å². The van der Waals surface area contributed by atoms with Crippen LogP contribution in [0.4, 0.5) is 11.8 Å². The van der Waals surface area contributed by atoms with E-state index < -0.39 is 0 Å².